The van der Waals surface area contributed by atoms with Gasteiger partial charge in [-0.1, -0.05) is 48.5 Å². The van der Waals surface area contributed by atoms with Gasteiger partial charge >= 0.3 is 0 Å². The van der Waals surface area contributed by atoms with E-state index in [1.54, 1.807) is 7.11 Å². The van der Waals surface area contributed by atoms with Crippen molar-refractivity contribution in [3.63, 3.8) is 0 Å². The monoisotopic (exact) mass is 388 g/mol. The summed E-state index contributed by atoms with van der Waals surface area (Å²) in [5.41, 5.74) is 3.52. The predicted octanol–water partition coefficient (Wildman–Crippen LogP) is 4.86. The molecule has 1 aliphatic heterocycles. The van der Waals surface area contributed by atoms with E-state index in [0.29, 0.717) is 30.2 Å². The van der Waals surface area contributed by atoms with Crippen molar-refractivity contribution in [3.8, 4) is 11.5 Å². The van der Waals surface area contributed by atoms with Crippen LogP contribution in [0.25, 0.3) is 0 Å². The second-order valence-electron chi connectivity index (χ2n) is 6.85. The Morgan fingerprint density at radius 3 is 2.48 bits per heavy atom. The molecular weight excluding hydrogens is 364 g/mol. The Bertz CT molecular complexity index is 1000. The van der Waals surface area contributed by atoms with Crippen molar-refractivity contribution in [2.45, 2.75) is 19.6 Å². The molecule has 5 heteroatoms. The van der Waals surface area contributed by atoms with Gasteiger partial charge in [0.05, 0.1) is 19.3 Å². The summed E-state index contributed by atoms with van der Waals surface area (Å²) in [7, 11) is 1.62. The average molecular weight is 388 g/mol. The highest BCUT2D eigenvalue weighted by molar-refractivity contribution is 6.01. The molecule has 0 saturated heterocycles. The number of nitrogens with one attached hydrogen (secondary N) is 1. The van der Waals surface area contributed by atoms with Gasteiger partial charge in [0.1, 0.15) is 6.17 Å². The third-order valence-corrected chi connectivity index (χ3v) is 5.02. The number of carbonyl (C=O) groups is 1. The first-order valence-corrected chi connectivity index (χ1v) is 9.72. The molecule has 4 rings (SSSR count). The van der Waals surface area contributed by atoms with Gasteiger partial charge in [0, 0.05) is 12.2 Å². The molecule has 5 nitrogen and oxygen atoms in total. The second-order valence-corrected chi connectivity index (χ2v) is 6.85. The highest BCUT2D eigenvalue weighted by Crippen LogP contribution is 2.37. The molecule has 1 N–H and O–H groups in total. The number of hydrogen-bond donors (Lipinski definition) is 1. The highest BCUT2D eigenvalue weighted by Gasteiger charge is 2.33. The molecule has 0 aliphatic carbocycles. The smallest absolute Gasteiger partial charge is 0.258 e. The number of benzene rings is 3. The topological polar surface area (TPSA) is 50.8 Å². The first-order valence-electron chi connectivity index (χ1n) is 9.72. The molecule has 148 valence electrons. The maximum Gasteiger partial charge on any atom is 0.258 e. The van der Waals surface area contributed by atoms with E-state index in [-0.39, 0.29) is 12.1 Å². The van der Waals surface area contributed by atoms with Gasteiger partial charge in [0.15, 0.2) is 11.5 Å². The average Bonchev–Trinajstić information content (AvgIpc) is 2.77. The molecular formula is C24H24N2O3. The minimum absolute atomic E-state index is 0.000977. The number of fused-ring (bicyclic) bond motifs is 1. The van der Waals surface area contributed by atoms with Crippen molar-refractivity contribution in [2.24, 2.45) is 0 Å². The van der Waals surface area contributed by atoms with E-state index in [2.05, 4.69) is 5.32 Å². The van der Waals surface area contributed by atoms with E-state index < -0.39 is 0 Å². The maximum absolute atomic E-state index is 13.4. The van der Waals surface area contributed by atoms with E-state index in [9.17, 15) is 4.79 Å². The summed E-state index contributed by atoms with van der Waals surface area (Å²) in [6.07, 6.45) is -0.317. The molecule has 1 aliphatic rings. The Hall–Kier alpha value is -3.47. The van der Waals surface area contributed by atoms with E-state index in [1.165, 1.54) is 0 Å². The Morgan fingerprint density at radius 2 is 1.72 bits per heavy atom. The molecule has 0 radical (unpaired) electrons. The molecule has 3 aromatic carbocycles. The number of amides is 1. The van der Waals surface area contributed by atoms with E-state index in [4.69, 9.17) is 9.47 Å². The zero-order valence-electron chi connectivity index (χ0n) is 16.6. The van der Waals surface area contributed by atoms with Gasteiger partial charge in [-0.25, -0.2) is 0 Å². The Kier molecular flexibility index (Phi) is 5.38. The summed E-state index contributed by atoms with van der Waals surface area (Å²) in [6, 6.07) is 23.4. The third kappa shape index (κ3) is 3.76. The lowest BCUT2D eigenvalue weighted by Gasteiger charge is -2.38. The van der Waals surface area contributed by atoms with Crippen molar-refractivity contribution in [2.75, 3.05) is 19.0 Å². The van der Waals surface area contributed by atoms with Crippen LogP contribution < -0.4 is 14.8 Å². The summed E-state index contributed by atoms with van der Waals surface area (Å²) >= 11 is 0. The van der Waals surface area contributed by atoms with Gasteiger partial charge in [-0.3, -0.25) is 4.79 Å². The number of hydrogen-bond acceptors (Lipinski definition) is 4. The molecule has 0 aromatic heterocycles. The van der Waals surface area contributed by atoms with Crippen LogP contribution in [0.2, 0.25) is 0 Å². The summed E-state index contributed by atoms with van der Waals surface area (Å²) in [6.45, 7) is 3.00. The number of ether oxygens (including phenoxy) is 2. The van der Waals surface area contributed by atoms with Crippen LogP contribution in [-0.4, -0.2) is 24.5 Å². The van der Waals surface area contributed by atoms with E-state index in [0.717, 1.165) is 16.8 Å². The van der Waals surface area contributed by atoms with E-state index >= 15 is 0 Å². The summed E-state index contributed by atoms with van der Waals surface area (Å²) in [5, 5.41) is 3.53. The number of carbonyl (C=O) groups excluding carboxylic acids is 1. The maximum atomic E-state index is 13.4. The lowest BCUT2D eigenvalue weighted by molar-refractivity contribution is 0.0666. The van der Waals surface area contributed by atoms with Gasteiger partial charge in [-0.15, -0.1) is 0 Å². The second kappa shape index (κ2) is 8.27. The molecule has 1 heterocycles. The van der Waals surface area contributed by atoms with Crippen molar-refractivity contribution >= 4 is 11.6 Å². The van der Waals surface area contributed by atoms with Gasteiger partial charge in [-0.2, -0.15) is 0 Å². The number of anilines is 1. The zero-order valence-corrected chi connectivity index (χ0v) is 16.6. The van der Waals surface area contributed by atoms with Crippen LogP contribution in [0.4, 0.5) is 5.69 Å². The van der Waals surface area contributed by atoms with Crippen molar-refractivity contribution < 1.29 is 14.3 Å². The van der Waals surface area contributed by atoms with E-state index in [1.807, 2.05) is 84.6 Å². The first-order chi connectivity index (χ1) is 14.2. The standard InChI is InChI=1S/C24H24N2O3/c1-3-29-21-14-13-18(15-22(21)28-2)23-25-20-12-8-7-11-19(20)24(27)26(23)16-17-9-5-4-6-10-17/h4-15,23,25H,3,16H2,1-2H3. The van der Waals surface area contributed by atoms with Crippen LogP contribution in [0.3, 0.4) is 0 Å². The van der Waals surface area contributed by atoms with Crippen molar-refractivity contribution in [1.29, 1.82) is 0 Å². The number of rotatable bonds is 6. The fraction of sp³-hybridized carbons (Fsp3) is 0.208. The van der Waals surface area contributed by atoms with Crippen molar-refractivity contribution in [1.82, 2.24) is 4.90 Å². The molecule has 0 spiro atoms. The third-order valence-electron chi connectivity index (χ3n) is 5.02. The van der Waals surface area contributed by atoms with Crippen LogP contribution in [0.5, 0.6) is 11.5 Å². The summed E-state index contributed by atoms with van der Waals surface area (Å²) in [5.74, 6) is 1.34. The van der Waals surface area contributed by atoms with Crippen LogP contribution in [0.15, 0.2) is 72.8 Å². The van der Waals surface area contributed by atoms with Crippen molar-refractivity contribution in [3.05, 3.63) is 89.5 Å². The van der Waals surface area contributed by atoms with Crippen LogP contribution in [-0.2, 0) is 6.54 Å². The molecule has 0 bridgehead atoms. The molecule has 3 aromatic rings. The summed E-state index contributed by atoms with van der Waals surface area (Å²) in [4.78, 5) is 15.2. The quantitative estimate of drug-likeness (QED) is 0.655. The lowest BCUT2D eigenvalue weighted by atomic mass is 10.0. The fourth-order valence-corrected chi connectivity index (χ4v) is 3.63. The molecule has 0 saturated carbocycles. The minimum atomic E-state index is -0.317. The van der Waals surface area contributed by atoms with Gasteiger partial charge < -0.3 is 19.7 Å². The molecule has 29 heavy (non-hydrogen) atoms. The normalized spacial score (nSPS) is 15.4. The first kappa shape index (κ1) is 18.9. The van der Waals surface area contributed by atoms with Crippen LogP contribution >= 0.6 is 0 Å². The summed E-state index contributed by atoms with van der Waals surface area (Å²) < 4.78 is 11.2. The highest BCUT2D eigenvalue weighted by atomic mass is 16.5. The van der Waals surface area contributed by atoms with Gasteiger partial charge in [0.25, 0.3) is 5.91 Å². The number of para-hydroxylation sites is 1. The molecule has 1 unspecified atom stereocenters. The van der Waals surface area contributed by atoms with Gasteiger partial charge in [0.2, 0.25) is 0 Å². The zero-order chi connectivity index (χ0) is 20.2. The fourth-order valence-electron chi connectivity index (χ4n) is 3.63. The largest absolute Gasteiger partial charge is 0.493 e. The Balaban J connectivity index is 1.75. The SMILES string of the molecule is CCOc1ccc(C2Nc3ccccc3C(=O)N2Cc2ccccc2)cc1OC. The van der Waals surface area contributed by atoms with Gasteiger partial charge in [-0.05, 0) is 42.3 Å². The molecule has 1 atom stereocenters. The minimum Gasteiger partial charge on any atom is -0.493 e. The Labute approximate surface area is 170 Å². The molecule has 1 amide bonds. The number of methoxy groups -OCH3 is 1. The lowest BCUT2D eigenvalue weighted by Crippen LogP contribution is -2.42. The predicted molar refractivity (Wildman–Crippen MR) is 113 cm³/mol. The van der Waals surface area contributed by atoms with Crippen LogP contribution in [0.1, 0.15) is 34.6 Å². The van der Waals surface area contributed by atoms with Crippen LogP contribution in [0, 0.1) is 0 Å². The molecule has 0 fully saturated rings. The number of nitrogens with zero attached hydrogens (tertiary/aromatic N) is 1. The Morgan fingerprint density at radius 1 is 0.966 bits per heavy atom.